The molecule has 0 amide bonds. The number of rotatable bonds is 2. The van der Waals surface area contributed by atoms with Crippen LogP contribution in [0.3, 0.4) is 0 Å². The zero-order valence-electron chi connectivity index (χ0n) is 7.17. The van der Waals surface area contributed by atoms with Gasteiger partial charge in [0.05, 0.1) is 0 Å². The third-order valence-electron chi connectivity index (χ3n) is 1.54. The van der Waals surface area contributed by atoms with E-state index in [1.807, 2.05) is 0 Å². The molecule has 0 heterocycles. The smallest absolute Gasteiger partial charge is 1.00 e. The van der Waals surface area contributed by atoms with E-state index in [0.29, 0.717) is 6.04 Å². The molecule has 1 aliphatic rings. The Bertz CT molecular complexity index is 178. The summed E-state index contributed by atoms with van der Waals surface area (Å²) in [6.45, 7) is 4.38. The molecule has 0 radical (unpaired) electrons. The Morgan fingerprint density at radius 2 is 2.00 bits per heavy atom. The number of halogens is 2. The first-order valence-corrected chi connectivity index (χ1v) is 4.18. The summed E-state index contributed by atoms with van der Waals surface area (Å²) >= 11 is 2.59. The van der Waals surface area contributed by atoms with Crippen molar-refractivity contribution in [2.45, 2.75) is 26.3 Å². The van der Waals surface area contributed by atoms with Gasteiger partial charge in [-0.3, -0.25) is 0 Å². The second-order valence-electron chi connectivity index (χ2n) is 2.73. The molecule has 0 spiro atoms. The second-order valence-corrected chi connectivity index (χ2v) is 3.40. The van der Waals surface area contributed by atoms with Crippen LogP contribution in [0, 0.1) is 0 Å². The Morgan fingerprint density at radius 1 is 1.42 bits per heavy atom. The molecule has 0 saturated heterocycles. The molecule has 0 atom stereocenters. The van der Waals surface area contributed by atoms with Gasteiger partial charge in [0, 0.05) is 0 Å². The number of allylic oxidation sites excluding steroid dienone is 3. The first-order chi connectivity index (χ1) is 4.72. The third kappa shape index (κ3) is 3.91. The Morgan fingerprint density at radius 3 is 2.33 bits per heavy atom. The molecule has 0 aliphatic heterocycles. The summed E-state index contributed by atoms with van der Waals surface area (Å²) < 4.78 is 2.24. The summed E-state index contributed by atoms with van der Waals surface area (Å²) in [5.74, 6) is 0. The quantitative estimate of drug-likeness (QED) is 0.478. The van der Waals surface area contributed by atoms with Gasteiger partial charge in [0.2, 0.25) is 0 Å². The van der Waals surface area contributed by atoms with Crippen LogP contribution in [0.15, 0.2) is 23.9 Å². The van der Waals surface area contributed by atoms with E-state index in [0.717, 1.165) is 6.42 Å². The van der Waals surface area contributed by atoms with E-state index in [1.165, 1.54) is 5.70 Å². The van der Waals surface area contributed by atoms with Crippen molar-refractivity contribution < 1.29 is 42.5 Å². The fourth-order valence-electron chi connectivity index (χ4n) is 0.937. The van der Waals surface area contributed by atoms with Crippen molar-refractivity contribution in [3.8, 4) is 0 Å². The summed E-state index contributed by atoms with van der Waals surface area (Å²) in [5, 5.41) is 0. The molecular formula is C8H12Cl2NV. The molecule has 0 aromatic rings. The van der Waals surface area contributed by atoms with Gasteiger partial charge in [-0.2, -0.15) is 0 Å². The molecule has 0 unspecified atom stereocenters. The SMILES string of the molecule is CC(C)[N]([V+2])C1=CC=CC1.[Cl-].[Cl-]. The summed E-state index contributed by atoms with van der Waals surface area (Å²) in [6.07, 6.45) is 7.54. The van der Waals surface area contributed by atoms with Gasteiger partial charge in [0.25, 0.3) is 0 Å². The predicted molar refractivity (Wildman–Crippen MR) is 38.8 cm³/mol. The minimum absolute atomic E-state index is 0. The molecule has 1 aliphatic carbocycles. The van der Waals surface area contributed by atoms with E-state index in [-0.39, 0.29) is 24.8 Å². The van der Waals surface area contributed by atoms with Crippen molar-refractivity contribution in [2.75, 3.05) is 0 Å². The molecule has 0 aromatic carbocycles. The number of hydrogen-bond donors (Lipinski definition) is 0. The topological polar surface area (TPSA) is 3.24 Å². The van der Waals surface area contributed by atoms with Crippen LogP contribution in [0.2, 0.25) is 0 Å². The molecule has 1 nitrogen and oxygen atoms in total. The molecule has 12 heavy (non-hydrogen) atoms. The summed E-state index contributed by atoms with van der Waals surface area (Å²) in [5.41, 5.74) is 1.40. The monoisotopic (exact) mass is 243 g/mol. The van der Waals surface area contributed by atoms with E-state index in [2.05, 4.69) is 53.5 Å². The predicted octanol–water partition coefficient (Wildman–Crippen LogP) is -3.99. The van der Waals surface area contributed by atoms with E-state index in [9.17, 15) is 0 Å². The summed E-state index contributed by atoms with van der Waals surface area (Å²) in [6, 6.07) is 0.589. The Balaban J connectivity index is 0. The summed E-state index contributed by atoms with van der Waals surface area (Å²) in [7, 11) is 0. The fraction of sp³-hybridized carbons (Fsp3) is 0.500. The van der Waals surface area contributed by atoms with Crippen molar-refractivity contribution >= 4 is 0 Å². The van der Waals surface area contributed by atoms with Crippen molar-refractivity contribution in [2.24, 2.45) is 0 Å². The molecule has 0 bridgehead atoms. The maximum absolute atomic E-state index is 2.59. The van der Waals surface area contributed by atoms with Gasteiger partial charge >= 0.3 is 71.6 Å². The van der Waals surface area contributed by atoms with E-state index < -0.39 is 0 Å². The van der Waals surface area contributed by atoms with Crippen LogP contribution in [0.1, 0.15) is 20.3 Å². The normalized spacial score (nSPS) is 13.3. The van der Waals surface area contributed by atoms with Crippen LogP contribution < -0.4 is 24.8 Å². The molecule has 1 rings (SSSR count). The first kappa shape index (κ1) is 14.9. The maximum Gasteiger partial charge on any atom is -1.00 e. The standard InChI is InChI=1S/C8H12N.2ClH.V/c1-7(2)9-8-5-3-4-6-8;;;/h3-5,7H,6H2,1-2H3;2*1H;/q-1;;;+3/p-2. The van der Waals surface area contributed by atoms with Crippen LogP contribution in [0.25, 0.3) is 0 Å². The van der Waals surface area contributed by atoms with Gasteiger partial charge in [0.1, 0.15) is 0 Å². The van der Waals surface area contributed by atoms with Gasteiger partial charge in [-0.15, -0.1) is 0 Å². The van der Waals surface area contributed by atoms with E-state index in [1.54, 1.807) is 0 Å². The first-order valence-electron chi connectivity index (χ1n) is 3.55. The van der Waals surface area contributed by atoms with E-state index in [4.69, 9.17) is 0 Å². The van der Waals surface area contributed by atoms with Crippen molar-refractivity contribution in [1.29, 1.82) is 0 Å². The van der Waals surface area contributed by atoms with Gasteiger partial charge in [-0.25, -0.2) is 0 Å². The maximum atomic E-state index is 2.59. The van der Waals surface area contributed by atoms with Gasteiger partial charge in [-0.05, 0) is 0 Å². The zero-order valence-corrected chi connectivity index (χ0v) is 10.1. The number of nitrogens with zero attached hydrogens (tertiary/aromatic N) is 1. The second kappa shape index (κ2) is 6.91. The molecule has 0 aromatic heterocycles. The zero-order chi connectivity index (χ0) is 7.56. The average molecular weight is 244 g/mol. The van der Waals surface area contributed by atoms with Crippen LogP contribution in [-0.2, 0) is 17.7 Å². The Hall–Kier alpha value is 0.444. The van der Waals surface area contributed by atoms with Crippen molar-refractivity contribution in [3.05, 3.63) is 23.9 Å². The number of hydrogen-bond acceptors (Lipinski definition) is 1. The molecule has 68 valence electrons. The molecule has 0 N–H and O–H groups in total. The van der Waals surface area contributed by atoms with Crippen LogP contribution in [-0.4, -0.2) is 9.79 Å². The van der Waals surface area contributed by atoms with E-state index >= 15 is 0 Å². The van der Waals surface area contributed by atoms with Crippen molar-refractivity contribution in [1.82, 2.24) is 3.75 Å². The Kier molecular flexibility index (Phi) is 8.60. The average Bonchev–Trinajstić information content (AvgIpc) is 2.36. The van der Waals surface area contributed by atoms with Crippen LogP contribution >= 0.6 is 0 Å². The minimum atomic E-state index is 0. The van der Waals surface area contributed by atoms with Crippen LogP contribution in [0.5, 0.6) is 0 Å². The molecule has 0 saturated carbocycles. The van der Waals surface area contributed by atoms with Gasteiger partial charge in [-0.1, -0.05) is 0 Å². The van der Waals surface area contributed by atoms with Crippen molar-refractivity contribution in [3.63, 3.8) is 0 Å². The largest absolute Gasteiger partial charge is 1.00 e. The summed E-state index contributed by atoms with van der Waals surface area (Å²) in [4.78, 5) is 0. The molecular weight excluding hydrogens is 232 g/mol. The molecule has 4 heteroatoms. The minimum Gasteiger partial charge on any atom is -1.00 e. The van der Waals surface area contributed by atoms with Crippen LogP contribution in [0.4, 0.5) is 0 Å². The van der Waals surface area contributed by atoms with Gasteiger partial charge < -0.3 is 24.8 Å². The molecule has 0 fully saturated rings. The Labute approximate surface area is 96.3 Å². The van der Waals surface area contributed by atoms with Gasteiger partial charge in [0.15, 0.2) is 0 Å². The fourth-order valence-corrected chi connectivity index (χ4v) is 1.17. The third-order valence-corrected chi connectivity index (χ3v) is 2.66.